The monoisotopic (exact) mass is 437 g/mol. The van der Waals surface area contributed by atoms with Gasteiger partial charge in [0, 0.05) is 17.9 Å². The van der Waals surface area contributed by atoms with Crippen LogP contribution in [-0.2, 0) is 6.42 Å². The van der Waals surface area contributed by atoms with E-state index in [0.717, 1.165) is 23.4 Å². The van der Waals surface area contributed by atoms with Crippen LogP contribution in [0.2, 0.25) is 0 Å². The molecule has 9 nitrogen and oxygen atoms in total. The lowest BCUT2D eigenvalue weighted by molar-refractivity contribution is -0.383. The highest BCUT2D eigenvalue weighted by Gasteiger charge is 2.31. The lowest BCUT2D eigenvalue weighted by Crippen LogP contribution is -2.17. The highest BCUT2D eigenvalue weighted by atomic mass is 16.6. The fourth-order valence-electron chi connectivity index (χ4n) is 3.74. The molecule has 0 atom stereocenters. The van der Waals surface area contributed by atoms with Crippen LogP contribution < -0.4 is 10.2 Å². The Morgan fingerprint density at radius 3 is 2.33 bits per heavy atom. The summed E-state index contributed by atoms with van der Waals surface area (Å²) in [5.74, 6) is 0.406. The molecule has 0 amide bonds. The van der Waals surface area contributed by atoms with Gasteiger partial charge in [-0.1, -0.05) is 36.4 Å². The number of aromatic nitrogens is 2. The predicted molar refractivity (Wildman–Crippen MR) is 126 cm³/mol. The molecule has 0 bridgehead atoms. The zero-order chi connectivity index (χ0) is 22.6. The number of nitrogens with one attached hydrogen (secondary N) is 1. The first kappa shape index (κ1) is 20.3. The number of hydrogen-bond donors (Lipinski definition) is 1. The number of fused-ring (bicyclic) bond motifs is 1. The first-order valence-corrected chi connectivity index (χ1v) is 10.4. The zero-order valence-electron chi connectivity index (χ0n) is 17.5. The summed E-state index contributed by atoms with van der Waals surface area (Å²) in [7, 11) is 0. The Kier molecular flexibility index (Phi) is 5.42. The Morgan fingerprint density at radius 1 is 0.879 bits per heavy atom. The smallest absolute Gasteiger partial charge is 0.334 e. The van der Waals surface area contributed by atoms with Gasteiger partial charge in [0.1, 0.15) is 6.33 Å². The van der Waals surface area contributed by atoms with E-state index >= 15 is 0 Å². The topological polar surface area (TPSA) is 109 Å². The van der Waals surface area contributed by atoms with E-state index in [9.17, 15) is 10.1 Å². The standard InChI is InChI=1S/C24H19N7O2/c32-31(33)22-23(25-16-26-24(22)30-15-14-17-6-4-5-9-21(17)30)27-18-10-12-20(13-11-18)29-28-19-7-2-1-3-8-19/h1-13,16H,14-15H2,(H,25,26,27). The van der Waals surface area contributed by atoms with Crippen LogP contribution in [0.1, 0.15) is 5.56 Å². The van der Waals surface area contributed by atoms with Gasteiger partial charge in [0.2, 0.25) is 11.6 Å². The van der Waals surface area contributed by atoms with Crippen LogP contribution in [0.25, 0.3) is 0 Å². The molecular formula is C24H19N7O2. The number of azo groups is 1. The molecule has 5 rings (SSSR count). The minimum Gasteiger partial charge on any atom is -0.334 e. The molecule has 1 N–H and O–H groups in total. The molecule has 33 heavy (non-hydrogen) atoms. The van der Waals surface area contributed by atoms with Crippen LogP contribution in [0.3, 0.4) is 0 Å². The van der Waals surface area contributed by atoms with Crippen LogP contribution in [0.15, 0.2) is 95.4 Å². The van der Waals surface area contributed by atoms with Crippen molar-refractivity contribution in [2.45, 2.75) is 6.42 Å². The van der Waals surface area contributed by atoms with Crippen molar-refractivity contribution in [1.29, 1.82) is 0 Å². The van der Waals surface area contributed by atoms with Crippen molar-refractivity contribution in [1.82, 2.24) is 9.97 Å². The Balaban J connectivity index is 1.41. The van der Waals surface area contributed by atoms with Crippen LogP contribution in [0.5, 0.6) is 0 Å². The van der Waals surface area contributed by atoms with E-state index in [2.05, 4.69) is 25.5 Å². The van der Waals surface area contributed by atoms with Gasteiger partial charge in [0.25, 0.3) is 0 Å². The summed E-state index contributed by atoms with van der Waals surface area (Å²) in [5.41, 5.74) is 3.96. The first-order valence-electron chi connectivity index (χ1n) is 10.4. The van der Waals surface area contributed by atoms with E-state index in [1.165, 1.54) is 6.33 Å². The molecule has 0 spiro atoms. The molecule has 0 saturated carbocycles. The SMILES string of the molecule is O=[N+]([O-])c1c(Nc2ccc(N=Nc3ccccc3)cc2)ncnc1N1CCc2ccccc21. The number of rotatable bonds is 6. The summed E-state index contributed by atoms with van der Waals surface area (Å²) in [6.07, 6.45) is 2.15. The summed E-state index contributed by atoms with van der Waals surface area (Å²) in [6.45, 7) is 0.623. The lowest BCUT2D eigenvalue weighted by Gasteiger charge is -2.19. The second-order valence-corrected chi connectivity index (χ2v) is 7.39. The number of nitrogens with zero attached hydrogens (tertiary/aromatic N) is 6. The summed E-state index contributed by atoms with van der Waals surface area (Å²) in [4.78, 5) is 21.8. The zero-order valence-corrected chi connectivity index (χ0v) is 17.5. The number of benzene rings is 3. The molecule has 0 fully saturated rings. The second kappa shape index (κ2) is 8.83. The molecule has 9 heteroatoms. The van der Waals surface area contributed by atoms with E-state index in [0.29, 0.717) is 17.9 Å². The fourth-order valence-corrected chi connectivity index (χ4v) is 3.74. The van der Waals surface area contributed by atoms with Gasteiger partial charge in [-0.25, -0.2) is 9.97 Å². The largest absolute Gasteiger partial charge is 0.354 e. The first-order chi connectivity index (χ1) is 16.2. The fraction of sp³-hybridized carbons (Fsp3) is 0.0833. The highest BCUT2D eigenvalue weighted by molar-refractivity contribution is 5.80. The Morgan fingerprint density at radius 2 is 1.58 bits per heavy atom. The predicted octanol–water partition coefficient (Wildman–Crippen LogP) is 6.24. The molecule has 1 aromatic heterocycles. The molecule has 0 unspecified atom stereocenters. The summed E-state index contributed by atoms with van der Waals surface area (Å²) < 4.78 is 0. The van der Waals surface area contributed by atoms with Gasteiger partial charge < -0.3 is 10.2 Å². The summed E-state index contributed by atoms with van der Waals surface area (Å²) in [6, 6.07) is 24.4. The average Bonchev–Trinajstić information content (AvgIpc) is 3.28. The van der Waals surface area contributed by atoms with Gasteiger partial charge in [-0.2, -0.15) is 10.2 Å². The van der Waals surface area contributed by atoms with Gasteiger partial charge in [-0.05, 0) is 54.4 Å². The third kappa shape index (κ3) is 4.24. The molecule has 0 aliphatic carbocycles. The number of para-hydroxylation sites is 1. The number of anilines is 4. The van der Waals surface area contributed by atoms with Crippen LogP contribution >= 0.6 is 0 Å². The molecule has 0 radical (unpaired) electrons. The Labute approximate surface area is 189 Å². The number of hydrogen-bond acceptors (Lipinski definition) is 8. The van der Waals surface area contributed by atoms with Gasteiger partial charge in [-0.15, -0.1) is 0 Å². The Hall–Kier alpha value is -4.66. The maximum atomic E-state index is 12.0. The molecule has 1 aliphatic rings. The van der Waals surface area contributed by atoms with E-state index in [4.69, 9.17) is 0 Å². The van der Waals surface area contributed by atoms with E-state index < -0.39 is 4.92 Å². The van der Waals surface area contributed by atoms with E-state index in [-0.39, 0.29) is 17.3 Å². The number of nitro groups is 1. The lowest BCUT2D eigenvalue weighted by atomic mass is 10.2. The van der Waals surface area contributed by atoms with Crippen LogP contribution in [0.4, 0.5) is 40.1 Å². The van der Waals surface area contributed by atoms with Crippen molar-refractivity contribution in [3.05, 3.63) is 101 Å². The van der Waals surface area contributed by atoms with Crippen molar-refractivity contribution < 1.29 is 4.92 Å². The van der Waals surface area contributed by atoms with Crippen LogP contribution in [-0.4, -0.2) is 21.4 Å². The van der Waals surface area contributed by atoms with Gasteiger partial charge >= 0.3 is 5.69 Å². The van der Waals surface area contributed by atoms with Crippen molar-refractivity contribution in [2.24, 2.45) is 10.2 Å². The molecule has 2 heterocycles. The molecule has 0 saturated heterocycles. The third-order valence-electron chi connectivity index (χ3n) is 5.30. The Bertz CT molecular complexity index is 1320. The quantitative estimate of drug-likeness (QED) is 0.217. The summed E-state index contributed by atoms with van der Waals surface area (Å²) >= 11 is 0. The van der Waals surface area contributed by atoms with Gasteiger partial charge in [0.15, 0.2) is 0 Å². The third-order valence-corrected chi connectivity index (χ3v) is 5.30. The molecule has 3 aromatic carbocycles. The molecule has 1 aliphatic heterocycles. The normalized spacial score (nSPS) is 12.7. The molecule has 4 aromatic rings. The summed E-state index contributed by atoms with van der Waals surface area (Å²) in [5, 5.41) is 23.5. The minimum atomic E-state index is -0.443. The van der Waals surface area contributed by atoms with Gasteiger partial charge in [0.05, 0.1) is 16.3 Å². The van der Waals surface area contributed by atoms with Crippen molar-refractivity contribution in [2.75, 3.05) is 16.8 Å². The highest BCUT2D eigenvalue weighted by Crippen LogP contribution is 2.40. The van der Waals surface area contributed by atoms with Gasteiger partial charge in [-0.3, -0.25) is 10.1 Å². The maximum absolute atomic E-state index is 12.0. The van der Waals surface area contributed by atoms with Crippen molar-refractivity contribution >= 4 is 40.1 Å². The average molecular weight is 437 g/mol. The maximum Gasteiger partial charge on any atom is 0.354 e. The molecular weight excluding hydrogens is 418 g/mol. The minimum absolute atomic E-state index is 0.132. The molecule has 162 valence electrons. The van der Waals surface area contributed by atoms with Crippen molar-refractivity contribution in [3.8, 4) is 0 Å². The van der Waals surface area contributed by atoms with Crippen molar-refractivity contribution in [3.63, 3.8) is 0 Å². The van der Waals surface area contributed by atoms with E-state index in [1.807, 2.05) is 59.5 Å². The van der Waals surface area contributed by atoms with E-state index in [1.54, 1.807) is 24.3 Å². The van der Waals surface area contributed by atoms with Crippen LogP contribution in [0, 0.1) is 10.1 Å². The second-order valence-electron chi connectivity index (χ2n) is 7.39.